The summed E-state index contributed by atoms with van der Waals surface area (Å²) in [4.78, 5) is 24.6. The molecule has 1 saturated heterocycles. The maximum absolute atomic E-state index is 13.4. The molecular formula is C19H22ClFN2O3S. The normalized spacial score (nSPS) is 31.3. The van der Waals surface area contributed by atoms with Gasteiger partial charge in [-0.2, -0.15) is 11.8 Å². The van der Waals surface area contributed by atoms with E-state index in [9.17, 15) is 14.0 Å². The number of benzene rings is 1. The minimum absolute atomic E-state index is 0.0152. The molecule has 1 aliphatic heterocycles. The summed E-state index contributed by atoms with van der Waals surface area (Å²) in [6.07, 6.45) is 3.50. The van der Waals surface area contributed by atoms with Gasteiger partial charge in [-0.3, -0.25) is 9.59 Å². The molecule has 3 saturated carbocycles. The summed E-state index contributed by atoms with van der Waals surface area (Å²) in [5, 5.41) is 6.26. The van der Waals surface area contributed by atoms with Crippen molar-refractivity contribution in [2.24, 2.45) is 11.8 Å². The van der Waals surface area contributed by atoms with E-state index in [1.807, 2.05) is 11.8 Å². The van der Waals surface area contributed by atoms with Crippen LogP contribution in [-0.4, -0.2) is 41.5 Å². The van der Waals surface area contributed by atoms with Crippen molar-refractivity contribution in [3.8, 4) is 5.75 Å². The Labute approximate surface area is 166 Å². The Morgan fingerprint density at radius 1 is 1.33 bits per heavy atom. The number of rotatable bonds is 6. The number of carbonyl (C=O) groups excluding carboxylic acids is 2. The highest BCUT2D eigenvalue weighted by Gasteiger charge is 2.57. The number of amides is 2. The number of halogens is 2. The largest absolute Gasteiger partial charge is 0.484 e. The van der Waals surface area contributed by atoms with Crippen LogP contribution in [0.15, 0.2) is 18.2 Å². The molecule has 2 N–H and O–H groups in total. The lowest BCUT2D eigenvalue weighted by Gasteiger charge is -2.39. The van der Waals surface area contributed by atoms with Gasteiger partial charge in [0.25, 0.3) is 5.91 Å². The zero-order valence-electron chi connectivity index (χ0n) is 14.8. The zero-order valence-corrected chi connectivity index (χ0v) is 16.4. The number of thioether (sulfide) groups is 1. The highest BCUT2D eigenvalue weighted by molar-refractivity contribution is 7.99. The molecule has 3 aliphatic carbocycles. The second kappa shape index (κ2) is 7.51. The molecule has 2 bridgehead atoms. The Kier molecular flexibility index (Phi) is 5.25. The summed E-state index contributed by atoms with van der Waals surface area (Å²) >= 11 is 7.46. The molecule has 4 aliphatic rings. The van der Waals surface area contributed by atoms with Gasteiger partial charge in [0.05, 0.1) is 5.02 Å². The van der Waals surface area contributed by atoms with Crippen LogP contribution in [0, 0.1) is 17.7 Å². The smallest absolute Gasteiger partial charge is 0.258 e. The minimum Gasteiger partial charge on any atom is -0.484 e. The third-order valence-electron chi connectivity index (χ3n) is 5.78. The van der Waals surface area contributed by atoms with Gasteiger partial charge in [-0.15, -0.1) is 0 Å². The lowest BCUT2D eigenvalue weighted by Crippen LogP contribution is -2.53. The summed E-state index contributed by atoms with van der Waals surface area (Å²) in [5.41, 5.74) is -0.237. The molecule has 1 aromatic rings. The van der Waals surface area contributed by atoms with Crippen molar-refractivity contribution in [1.82, 2.24) is 10.6 Å². The van der Waals surface area contributed by atoms with Gasteiger partial charge in [0.2, 0.25) is 5.91 Å². The standard InChI is InChI=1S/C19H22ClFN2O3S/c20-14-2-1-13(5-15(14)21)26-9-17(24)23-19-6-12(7-19)16(8-19)22-18(25)11-3-4-27-10-11/h1-2,5,11-12,16H,3-4,6-10H2,(H,22,25)(H,23,24)/t11?,12?,16-,19?/m0/s1. The van der Waals surface area contributed by atoms with E-state index in [0.717, 1.165) is 43.3 Å². The van der Waals surface area contributed by atoms with Crippen molar-refractivity contribution in [1.29, 1.82) is 0 Å². The summed E-state index contributed by atoms with van der Waals surface area (Å²) in [6, 6.07) is 4.23. The van der Waals surface area contributed by atoms with Crippen LogP contribution in [-0.2, 0) is 9.59 Å². The van der Waals surface area contributed by atoms with Crippen LogP contribution in [0.4, 0.5) is 4.39 Å². The first-order valence-corrected chi connectivity index (χ1v) is 10.7. The monoisotopic (exact) mass is 412 g/mol. The fourth-order valence-electron chi connectivity index (χ4n) is 4.39. The predicted octanol–water partition coefficient (Wildman–Crippen LogP) is 2.76. The summed E-state index contributed by atoms with van der Waals surface area (Å²) < 4.78 is 18.8. The molecule has 2 amide bonds. The quantitative estimate of drug-likeness (QED) is 0.754. The van der Waals surface area contributed by atoms with Gasteiger partial charge in [-0.25, -0.2) is 4.39 Å². The molecule has 4 fully saturated rings. The fraction of sp³-hybridized carbons (Fsp3) is 0.579. The van der Waals surface area contributed by atoms with E-state index < -0.39 is 5.82 Å². The van der Waals surface area contributed by atoms with Crippen LogP contribution in [0.5, 0.6) is 5.75 Å². The average molecular weight is 413 g/mol. The molecule has 5 rings (SSSR count). The summed E-state index contributed by atoms with van der Waals surface area (Å²) in [6.45, 7) is -0.177. The topological polar surface area (TPSA) is 67.4 Å². The third-order valence-corrected chi connectivity index (χ3v) is 7.25. The molecule has 2 atom stereocenters. The van der Waals surface area contributed by atoms with E-state index in [4.69, 9.17) is 16.3 Å². The van der Waals surface area contributed by atoms with Crippen molar-refractivity contribution >= 4 is 35.2 Å². The van der Waals surface area contributed by atoms with Gasteiger partial charge in [0, 0.05) is 29.3 Å². The van der Waals surface area contributed by atoms with Crippen LogP contribution in [0.3, 0.4) is 0 Å². The number of carbonyl (C=O) groups is 2. The molecular weight excluding hydrogens is 391 g/mol. The molecule has 8 heteroatoms. The van der Waals surface area contributed by atoms with Gasteiger partial charge in [0.1, 0.15) is 11.6 Å². The van der Waals surface area contributed by atoms with E-state index in [1.54, 1.807) is 0 Å². The minimum atomic E-state index is -0.579. The van der Waals surface area contributed by atoms with Crippen LogP contribution >= 0.6 is 23.4 Å². The Morgan fingerprint density at radius 3 is 2.85 bits per heavy atom. The molecule has 0 radical (unpaired) electrons. The van der Waals surface area contributed by atoms with E-state index in [2.05, 4.69) is 10.6 Å². The maximum Gasteiger partial charge on any atom is 0.258 e. The lowest BCUT2D eigenvalue weighted by atomic mass is 9.76. The second-order valence-corrected chi connectivity index (χ2v) is 9.30. The van der Waals surface area contributed by atoms with Crippen LogP contribution in [0.2, 0.25) is 5.02 Å². The van der Waals surface area contributed by atoms with E-state index in [-0.39, 0.29) is 46.7 Å². The maximum atomic E-state index is 13.4. The van der Waals surface area contributed by atoms with Gasteiger partial charge >= 0.3 is 0 Å². The number of nitrogens with one attached hydrogen (secondary N) is 2. The predicted molar refractivity (Wildman–Crippen MR) is 102 cm³/mol. The first kappa shape index (κ1) is 18.9. The lowest BCUT2D eigenvalue weighted by molar-refractivity contribution is -0.126. The third kappa shape index (κ3) is 4.04. The zero-order chi connectivity index (χ0) is 19.0. The fourth-order valence-corrected chi connectivity index (χ4v) is 5.73. The van der Waals surface area contributed by atoms with Crippen molar-refractivity contribution < 1.29 is 18.7 Å². The molecule has 1 aromatic carbocycles. The number of hydrogen-bond donors (Lipinski definition) is 2. The first-order chi connectivity index (χ1) is 12.9. The summed E-state index contributed by atoms with van der Waals surface area (Å²) in [5.74, 6) is 2.15. The van der Waals surface area contributed by atoms with Crippen LogP contribution < -0.4 is 15.4 Å². The molecule has 0 spiro atoms. The van der Waals surface area contributed by atoms with Crippen molar-refractivity contribution in [2.45, 2.75) is 37.3 Å². The highest BCUT2D eigenvalue weighted by atomic mass is 35.5. The first-order valence-electron chi connectivity index (χ1n) is 9.21. The van der Waals surface area contributed by atoms with E-state index in [0.29, 0.717) is 5.92 Å². The average Bonchev–Trinajstić information content (AvgIpc) is 3.31. The molecule has 27 heavy (non-hydrogen) atoms. The van der Waals surface area contributed by atoms with Crippen LogP contribution in [0.1, 0.15) is 25.7 Å². The molecule has 146 valence electrons. The Balaban J connectivity index is 1.24. The van der Waals surface area contributed by atoms with E-state index >= 15 is 0 Å². The Bertz CT molecular complexity index is 750. The van der Waals surface area contributed by atoms with Crippen LogP contribution in [0.25, 0.3) is 0 Å². The second-order valence-electron chi connectivity index (χ2n) is 7.74. The SMILES string of the molecule is O=C(COc1ccc(Cl)c(F)c1)NC12CC(C1)[C@@H](NC(=O)C1CCSC1)C2. The van der Waals surface area contributed by atoms with Crippen molar-refractivity contribution in [3.05, 3.63) is 29.0 Å². The van der Waals surface area contributed by atoms with Gasteiger partial charge in [0.15, 0.2) is 6.61 Å². The number of hydrogen-bond acceptors (Lipinski definition) is 4. The Hall–Kier alpha value is -1.47. The summed E-state index contributed by atoms with van der Waals surface area (Å²) in [7, 11) is 0. The van der Waals surface area contributed by atoms with Crippen molar-refractivity contribution in [2.75, 3.05) is 18.1 Å². The number of fused-ring (bicyclic) bond motifs is 1. The molecule has 1 heterocycles. The molecule has 5 nitrogen and oxygen atoms in total. The Morgan fingerprint density at radius 2 is 2.15 bits per heavy atom. The van der Waals surface area contributed by atoms with Crippen molar-refractivity contribution in [3.63, 3.8) is 0 Å². The van der Waals surface area contributed by atoms with Gasteiger partial charge in [-0.05, 0) is 49.5 Å². The van der Waals surface area contributed by atoms with Gasteiger partial charge < -0.3 is 15.4 Å². The van der Waals surface area contributed by atoms with E-state index in [1.165, 1.54) is 12.1 Å². The number of ether oxygens (including phenoxy) is 1. The molecule has 1 unspecified atom stereocenters. The highest BCUT2D eigenvalue weighted by Crippen LogP contribution is 2.52. The van der Waals surface area contributed by atoms with Gasteiger partial charge in [-0.1, -0.05) is 11.6 Å². The molecule has 0 aromatic heterocycles.